The summed E-state index contributed by atoms with van der Waals surface area (Å²) in [7, 11) is 1.62. The van der Waals surface area contributed by atoms with Gasteiger partial charge in [-0.25, -0.2) is 4.79 Å². The molecule has 0 aliphatic rings. The first-order chi connectivity index (χ1) is 26.9. The number of nitrogens with zero attached hydrogens (tertiary/aromatic N) is 1. The molecule has 0 spiro atoms. The maximum atomic E-state index is 13.2. The first-order valence-electron chi connectivity index (χ1n) is 18.1. The van der Waals surface area contributed by atoms with E-state index in [1.807, 2.05) is 63.2 Å². The molecule has 0 bridgehead atoms. The normalized spacial score (nSPS) is 11.1. The van der Waals surface area contributed by atoms with Crippen molar-refractivity contribution in [3.8, 4) is 23.8 Å². The SMILES string of the molecule is C#Cc1cc(Cc2cc(Oc3ccc(NC(=O)Nc4cc(C(N)=O)cc(C(C)(C)C)c4)c4ccccc34)ccn2)cc(C(=O)NCCOCCOCCOC)c1. The van der Waals surface area contributed by atoms with Crippen molar-refractivity contribution in [3.63, 3.8) is 0 Å². The van der Waals surface area contributed by atoms with Crippen LogP contribution in [0.1, 0.15) is 63.9 Å². The summed E-state index contributed by atoms with van der Waals surface area (Å²) < 4.78 is 22.2. The van der Waals surface area contributed by atoms with Crippen molar-refractivity contribution in [2.45, 2.75) is 32.6 Å². The fourth-order valence-electron chi connectivity index (χ4n) is 5.79. The van der Waals surface area contributed by atoms with E-state index >= 15 is 0 Å². The van der Waals surface area contributed by atoms with Gasteiger partial charge < -0.3 is 40.6 Å². The van der Waals surface area contributed by atoms with Crippen molar-refractivity contribution >= 4 is 40.0 Å². The fourth-order valence-corrected chi connectivity index (χ4v) is 5.79. The lowest BCUT2D eigenvalue weighted by Crippen LogP contribution is -2.28. The zero-order valence-electron chi connectivity index (χ0n) is 32.1. The number of pyridine rings is 1. The van der Waals surface area contributed by atoms with E-state index in [2.05, 4.69) is 26.9 Å². The van der Waals surface area contributed by atoms with Crippen LogP contribution in [0.15, 0.2) is 91.1 Å². The van der Waals surface area contributed by atoms with Gasteiger partial charge >= 0.3 is 6.03 Å². The molecule has 0 aliphatic heterocycles. The van der Waals surface area contributed by atoms with Gasteiger partial charge in [-0.1, -0.05) is 51.0 Å². The summed E-state index contributed by atoms with van der Waals surface area (Å²) in [6.07, 6.45) is 7.80. The Kier molecular flexibility index (Phi) is 14.1. The van der Waals surface area contributed by atoms with Crippen molar-refractivity contribution in [1.29, 1.82) is 0 Å². The van der Waals surface area contributed by atoms with Crippen molar-refractivity contribution in [3.05, 3.63) is 125 Å². The number of nitrogens with two attached hydrogens (primary N) is 1. The minimum Gasteiger partial charge on any atom is -0.457 e. The number of aromatic nitrogens is 1. The Morgan fingerprint density at radius 2 is 1.57 bits per heavy atom. The second-order valence-electron chi connectivity index (χ2n) is 13.9. The number of carbonyl (C=O) groups is 3. The molecule has 0 saturated heterocycles. The monoisotopic (exact) mass is 757 g/mol. The maximum Gasteiger partial charge on any atom is 0.323 e. The summed E-state index contributed by atoms with van der Waals surface area (Å²) in [6.45, 7) is 8.61. The van der Waals surface area contributed by atoms with Gasteiger partial charge in [-0.05, 0) is 71.1 Å². The topological polar surface area (TPSA) is 163 Å². The van der Waals surface area contributed by atoms with Gasteiger partial charge in [0, 0.05) is 71.2 Å². The van der Waals surface area contributed by atoms with E-state index < -0.39 is 11.9 Å². The molecule has 0 atom stereocenters. The second-order valence-corrected chi connectivity index (χ2v) is 13.9. The summed E-state index contributed by atoms with van der Waals surface area (Å²) in [5.41, 5.74) is 10.0. The van der Waals surface area contributed by atoms with Crippen molar-refractivity contribution in [1.82, 2.24) is 10.3 Å². The number of urea groups is 1. The predicted octanol–water partition coefficient (Wildman–Crippen LogP) is 7.05. The lowest BCUT2D eigenvalue weighted by atomic mass is 9.85. The van der Waals surface area contributed by atoms with E-state index in [-0.39, 0.29) is 11.3 Å². The highest BCUT2D eigenvalue weighted by Gasteiger charge is 2.18. The van der Waals surface area contributed by atoms with E-state index in [9.17, 15) is 14.4 Å². The molecule has 56 heavy (non-hydrogen) atoms. The van der Waals surface area contributed by atoms with Crippen LogP contribution in [0.5, 0.6) is 11.5 Å². The molecule has 1 heterocycles. The summed E-state index contributed by atoms with van der Waals surface area (Å²) >= 11 is 0. The number of nitrogens with one attached hydrogen (secondary N) is 3. The summed E-state index contributed by atoms with van der Waals surface area (Å²) in [5, 5.41) is 10.2. The first kappa shape index (κ1) is 40.9. The minimum absolute atomic E-state index is 0.261. The molecule has 5 N–H and O–H groups in total. The molecule has 0 radical (unpaired) electrons. The van der Waals surface area contributed by atoms with Crippen LogP contribution in [0, 0.1) is 12.3 Å². The molecule has 290 valence electrons. The third kappa shape index (κ3) is 11.6. The van der Waals surface area contributed by atoms with E-state index in [4.69, 9.17) is 31.1 Å². The number of carbonyl (C=O) groups excluding carboxylic acids is 3. The van der Waals surface area contributed by atoms with Gasteiger partial charge in [-0.15, -0.1) is 6.42 Å². The van der Waals surface area contributed by atoms with Crippen molar-refractivity contribution in [2.24, 2.45) is 5.73 Å². The maximum absolute atomic E-state index is 13.2. The largest absolute Gasteiger partial charge is 0.457 e. The Morgan fingerprint density at radius 1 is 0.821 bits per heavy atom. The van der Waals surface area contributed by atoms with Gasteiger partial charge in [0.1, 0.15) is 11.5 Å². The molecule has 4 aromatic carbocycles. The third-order valence-electron chi connectivity index (χ3n) is 8.63. The minimum atomic E-state index is -0.579. The molecular formula is C44H47N5O7. The zero-order valence-corrected chi connectivity index (χ0v) is 32.1. The third-order valence-corrected chi connectivity index (χ3v) is 8.63. The van der Waals surface area contributed by atoms with Gasteiger partial charge in [-0.2, -0.15) is 0 Å². The number of benzene rings is 4. The van der Waals surface area contributed by atoms with Crippen LogP contribution in [0.2, 0.25) is 0 Å². The Bertz CT molecular complexity index is 2220. The number of primary amides is 1. The van der Waals surface area contributed by atoms with E-state index in [0.717, 1.165) is 21.9 Å². The van der Waals surface area contributed by atoms with Crippen molar-refractivity contribution < 1.29 is 33.3 Å². The molecular weight excluding hydrogens is 711 g/mol. The van der Waals surface area contributed by atoms with Gasteiger partial charge in [-0.3, -0.25) is 14.6 Å². The Morgan fingerprint density at radius 3 is 2.30 bits per heavy atom. The van der Waals surface area contributed by atoms with Crippen molar-refractivity contribution in [2.75, 3.05) is 57.3 Å². The summed E-state index contributed by atoms with van der Waals surface area (Å²) in [5.74, 6) is 2.92. The molecule has 5 rings (SSSR count). The van der Waals surface area contributed by atoms with Crippen LogP contribution in [-0.4, -0.2) is 69.5 Å². The first-order valence-corrected chi connectivity index (χ1v) is 18.1. The molecule has 0 saturated carbocycles. The molecule has 12 nitrogen and oxygen atoms in total. The lowest BCUT2D eigenvalue weighted by Gasteiger charge is -2.21. The van der Waals surface area contributed by atoms with Gasteiger partial charge in [0.2, 0.25) is 5.91 Å². The van der Waals surface area contributed by atoms with Crippen LogP contribution >= 0.6 is 0 Å². The van der Waals surface area contributed by atoms with Crippen LogP contribution < -0.4 is 26.4 Å². The molecule has 0 fully saturated rings. The van der Waals surface area contributed by atoms with Crippen LogP contribution in [-0.2, 0) is 26.0 Å². The molecule has 1 aromatic heterocycles. The number of hydrogen-bond donors (Lipinski definition) is 4. The van der Waals surface area contributed by atoms with E-state index in [1.54, 1.807) is 55.8 Å². The second kappa shape index (κ2) is 19.4. The zero-order chi connectivity index (χ0) is 40.1. The summed E-state index contributed by atoms with van der Waals surface area (Å²) in [4.78, 5) is 42.7. The Hall–Kier alpha value is -6.26. The van der Waals surface area contributed by atoms with Gasteiger partial charge in [0.05, 0.1) is 38.7 Å². The fraction of sp³-hybridized carbons (Fsp3) is 0.273. The molecule has 0 unspecified atom stereocenters. The standard InChI is InChI=1S/C44H47N5O7/c1-6-29-21-30(23-32(22-29)42(51)47-15-16-54-19-20-55-18-17-53-5)24-34-28-36(13-14-46-34)56-40-12-11-39(37-9-7-8-10-38(37)40)49-43(52)48-35-26-31(41(45)50)25-33(27-35)44(2,3)4/h1,7-14,21-23,25-28H,15-20,24H2,2-5H3,(H2,45,50)(H,47,51)(H2,48,49,52). The van der Waals surface area contributed by atoms with Crippen LogP contribution in [0.4, 0.5) is 16.2 Å². The van der Waals surface area contributed by atoms with E-state index in [0.29, 0.717) is 91.3 Å². The van der Waals surface area contributed by atoms with E-state index in [1.165, 1.54) is 0 Å². The number of hydrogen-bond acceptors (Lipinski definition) is 8. The lowest BCUT2D eigenvalue weighted by molar-refractivity contribution is 0.0255. The highest BCUT2D eigenvalue weighted by atomic mass is 16.5. The van der Waals surface area contributed by atoms with Crippen LogP contribution in [0.3, 0.4) is 0 Å². The number of terminal acetylenes is 1. The van der Waals surface area contributed by atoms with Gasteiger partial charge in [0.15, 0.2) is 0 Å². The number of anilines is 2. The highest BCUT2D eigenvalue weighted by Crippen LogP contribution is 2.35. The predicted molar refractivity (Wildman–Crippen MR) is 218 cm³/mol. The molecule has 5 aromatic rings. The Balaban J connectivity index is 1.24. The average Bonchev–Trinajstić information content (AvgIpc) is 3.17. The van der Waals surface area contributed by atoms with Crippen LogP contribution in [0.25, 0.3) is 10.8 Å². The number of fused-ring (bicyclic) bond motifs is 1. The average molecular weight is 758 g/mol. The highest BCUT2D eigenvalue weighted by molar-refractivity contribution is 6.08. The quantitative estimate of drug-likeness (QED) is 0.0580. The Labute approximate surface area is 327 Å². The number of ether oxygens (including phenoxy) is 4. The molecule has 12 heteroatoms. The molecule has 0 aliphatic carbocycles. The summed E-state index contributed by atoms with van der Waals surface area (Å²) in [6, 6.07) is 24.7. The van der Waals surface area contributed by atoms with Gasteiger partial charge in [0.25, 0.3) is 5.91 Å². The number of methoxy groups -OCH3 is 1. The number of rotatable bonds is 17. The molecule has 4 amide bonds. The smallest absolute Gasteiger partial charge is 0.323 e. The number of amides is 4.